The Balaban J connectivity index is 0.00000400. The molecule has 3 amide bonds. The molecule has 0 heterocycles. The molecule has 0 bridgehead atoms. The van der Waals surface area contributed by atoms with Crippen LogP contribution >= 0.6 is 13.5 Å². The number of amides is 3. The third kappa shape index (κ3) is 5.95. The van der Waals surface area contributed by atoms with Crippen molar-refractivity contribution in [2.45, 2.75) is 71.1 Å². The van der Waals surface area contributed by atoms with Crippen LogP contribution in [0, 0.1) is 39.8 Å². The largest absolute Gasteiger partial charge is 0.443 e. The fourth-order valence-corrected chi connectivity index (χ4v) is 5.12. The maximum absolute atomic E-state index is 14.0. The highest BCUT2D eigenvalue weighted by molar-refractivity contribution is 7.59. The highest BCUT2D eigenvalue weighted by Gasteiger charge is 2.66. The molecule has 0 aliphatic heterocycles. The van der Waals surface area contributed by atoms with Crippen LogP contribution in [0.25, 0.3) is 11.1 Å². The van der Waals surface area contributed by atoms with Crippen LogP contribution in [-0.4, -0.2) is 34.7 Å². The van der Waals surface area contributed by atoms with E-state index in [0.29, 0.717) is 11.5 Å². The van der Waals surface area contributed by atoms with Crippen molar-refractivity contribution in [3.05, 3.63) is 59.4 Å². The van der Waals surface area contributed by atoms with Crippen LogP contribution < -0.4 is 5.32 Å². The highest BCUT2D eigenvalue weighted by Crippen LogP contribution is 2.66. The molecule has 7 nitrogen and oxygen atoms in total. The number of nitrogens with zero attached hydrogens (tertiary/aromatic N) is 3. The monoisotopic (exact) mass is 536 g/mol. The highest BCUT2D eigenvalue weighted by atomic mass is 32.1. The number of benzene rings is 2. The van der Waals surface area contributed by atoms with Crippen molar-refractivity contribution in [2.24, 2.45) is 11.3 Å². The zero-order valence-corrected chi connectivity index (χ0v) is 23.0. The predicted molar refractivity (Wildman–Crippen MR) is 146 cm³/mol. The number of ether oxygens (including phenoxy) is 1. The van der Waals surface area contributed by atoms with E-state index < -0.39 is 29.6 Å². The third-order valence-electron chi connectivity index (χ3n) is 7.49. The van der Waals surface area contributed by atoms with Gasteiger partial charge in [0.05, 0.1) is 17.7 Å². The van der Waals surface area contributed by atoms with E-state index in [-0.39, 0.29) is 36.9 Å². The minimum Gasteiger partial charge on any atom is -0.443 e. The fraction of sp³-hybridized carbons (Fsp3) is 0.448. The van der Waals surface area contributed by atoms with Gasteiger partial charge in [0.15, 0.2) is 0 Å². The van der Waals surface area contributed by atoms with Crippen LogP contribution in [0.3, 0.4) is 0 Å². The van der Waals surface area contributed by atoms with Crippen LogP contribution in [0.5, 0.6) is 0 Å². The molecule has 9 heteroatoms. The number of hydrogen-bond donors (Lipinski definition) is 1. The first-order valence-electron chi connectivity index (χ1n) is 12.5. The second-order valence-corrected chi connectivity index (χ2v) is 11.1. The number of halogens is 1. The molecular formula is C29H33FN4O3S. The molecule has 2 aromatic rings. The maximum Gasteiger partial charge on any atom is 0.418 e. The Hall–Kier alpha value is -3.56. The van der Waals surface area contributed by atoms with Gasteiger partial charge in [-0.05, 0) is 80.2 Å². The van der Waals surface area contributed by atoms with Crippen LogP contribution in [0.1, 0.15) is 58.1 Å². The standard InChI is InChI=1S/C29H31FN4O3.H2S/c1-18-11-12-29(18)15-25(29)34(27(36)37-28(2,3)4)26(35)33-23(17-32)13-19-5-7-20(8-6-19)21-9-10-22(16-31)24(30)14-21;/h5-10,14,18,23,25H,11-13,15H2,1-4H3,(H,33,35);1H2/t18?,23-,25?,29?;/m0./s1. The van der Waals surface area contributed by atoms with Gasteiger partial charge in [-0.15, -0.1) is 0 Å². The van der Waals surface area contributed by atoms with Crippen molar-refractivity contribution in [3.63, 3.8) is 0 Å². The molecule has 0 radical (unpaired) electrons. The van der Waals surface area contributed by atoms with Gasteiger partial charge < -0.3 is 10.1 Å². The predicted octanol–water partition coefficient (Wildman–Crippen LogP) is 6.05. The summed E-state index contributed by atoms with van der Waals surface area (Å²) in [5.41, 5.74) is 1.38. The van der Waals surface area contributed by atoms with Crippen molar-refractivity contribution in [1.82, 2.24) is 10.2 Å². The van der Waals surface area contributed by atoms with Crippen molar-refractivity contribution in [3.8, 4) is 23.3 Å². The topological polar surface area (TPSA) is 106 Å². The molecule has 1 spiro atoms. The van der Waals surface area contributed by atoms with E-state index in [2.05, 4.69) is 18.3 Å². The average Bonchev–Trinajstić information content (AvgIpc) is 3.59. The van der Waals surface area contributed by atoms with Crippen molar-refractivity contribution in [2.75, 3.05) is 0 Å². The second kappa shape index (κ2) is 11.0. The smallest absolute Gasteiger partial charge is 0.418 e. The van der Waals surface area contributed by atoms with Gasteiger partial charge in [-0.2, -0.15) is 24.0 Å². The Morgan fingerprint density at radius 3 is 2.32 bits per heavy atom. The Bertz CT molecular complexity index is 1290. The molecule has 3 unspecified atom stereocenters. The number of imide groups is 1. The lowest BCUT2D eigenvalue weighted by atomic mass is 9.71. The van der Waals surface area contributed by atoms with Gasteiger partial charge in [0.25, 0.3) is 0 Å². The quantitative estimate of drug-likeness (QED) is 0.501. The summed E-state index contributed by atoms with van der Waals surface area (Å²) in [4.78, 5) is 27.4. The van der Waals surface area contributed by atoms with E-state index in [1.54, 1.807) is 57.2 Å². The molecule has 4 atom stereocenters. The van der Waals surface area contributed by atoms with Gasteiger partial charge in [0.1, 0.15) is 23.5 Å². The summed E-state index contributed by atoms with van der Waals surface area (Å²) in [6.07, 6.45) is 2.35. The maximum atomic E-state index is 14.0. The normalized spacial score (nSPS) is 22.1. The Kier molecular flexibility index (Phi) is 8.43. The van der Waals surface area contributed by atoms with E-state index >= 15 is 0 Å². The number of carbonyl (C=O) groups excluding carboxylic acids is 2. The molecule has 1 N–H and O–H groups in total. The lowest BCUT2D eigenvalue weighted by Crippen LogP contribution is -2.52. The van der Waals surface area contributed by atoms with Crippen molar-refractivity contribution < 1.29 is 18.7 Å². The molecule has 2 saturated carbocycles. The summed E-state index contributed by atoms with van der Waals surface area (Å²) in [6.45, 7) is 7.40. The van der Waals surface area contributed by atoms with E-state index in [1.807, 2.05) is 0 Å². The fourth-order valence-electron chi connectivity index (χ4n) is 5.12. The van der Waals surface area contributed by atoms with Crippen molar-refractivity contribution in [1.29, 1.82) is 10.5 Å². The molecule has 0 saturated heterocycles. The molecule has 2 fully saturated rings. The first kappa shape index (κ1) is 29.0. The summed E-state index contributed by atoms with van der Waals surface area (Å²) in [7, 11) is 0. The molecule has 200 valence electrons. The van der Waals surface area contributed by atoms with E-state index in [9.17, 15) is 19.2 Å². The number of nitrogens with one attached hydrogen (secondary N) is 1. The summed E-state index contributed by atoms with van der Waals surface area (Å²) >= 11 is 0. The molecule has 38 heavy (non-hydrogen) atoms. The van der Waals surface area contributed by atoms with Crippen LogP contribution in [0.2, 0.25) is 0 Å². The van der Waals surface area contributed by atoms with Crippen LogP contribution in [0.4, 0.5) is 14.0 Å². The summed E-state index contributed by atoms with van der Waals surface area (Å²) < 4.78 is 19.5. The Morgan fingerprint density at radius 1 is 1.18 bits per heavy atom. The van der Waals surface area contributed by atoms with E-state index in [1.165, 1.54) is 17.0 Å². The number of nitriles is 2. The summed E-state index contributed by atoms with van der Waals surface area (Å²) in [5, 5.41) is 21.4. The summed E-state index contributed by atoms with van der Waals surface area (Å²) in [6, 6.07) is 13.8. The molecular weight excluding hydrogens is 503 g/mol. The van der Waals surface area contributed by atoms with Gasteiger partial charge in [-0.3, -0.25) is 0 Å². The van der Waals surface area contributed by atoms with Crippen LogP contribution in [0.15, 0.2) is 42.5 Å². The second-order valence-electron chi connectivity index (χ2n) is 11.1. The first-order chi connectivity index (χ1) is 17.5. The lowest BCUT2D eigenvalue weighted by molar-refractivity contribution is 0.0234. The van der Waals surface area contributed by atoms with Gasteiger partial charge in [0.2, 0.25) is 0 Å². The van der Waals surface area contributed by atoms with Gasteiger partial charge in [0, 0.05) is 6.42 Å². The lowest BCUT2D eigenvalue weighted by Gasteiger charge is -2.38. The molecule has 0 aromatic heterocycles. The van der Waals surface area contributed by atoms with E-state index in [0.717, 1.165) is 30.4 Å². The zero-order valence-electron chi connectivity index (χ0n) is 22.0. The average molecular weight is 537 g/mol. The number of urea groups is 1. The molecule has 2 aromatic carbocycles. The van der Waals surface area contributed by atoms with Gasteiger partial charge >= 0.3 is 12.1 Å². The Morgan fingerprint density at radius 2 is 1.84 bits per heavy atom. The number of carbonyl (C=O) groups is 2. The molecule has 2 aliphatic carbocycles. The minimum absolute atomic E-state index is 0. The SMILES string of the molecule is CC1CCC12CC2N(C(=O)N[C@H](C#N)Cc1ccc(-c2ccc(C#N)c(F)c2)cc1)C(=O)OC(C)(C)C.S. The molecule has 2 aliphatic rings. The first-order valence-corrected chi connectivity index (χ1v) is 12.5. The van der Waals surface area contributed by atoms with E-state index in [4.69, 9.17) is 10.00 Å². The van der Waals surface area contributed by atoms with Crippen molar-refractivity contribution >= 4 is 25.6 Å². The number of rotatable bonds is 5. The summed E-state index contributed by atoms with van der Waals surface area (Å²) in [5.74, 6) is -0.148. The minimum atomic E-state index is -0.857. The third-order valence-corrected chi connectivity index (χ3v) is 7.49. The number of hydrogen-bond acceptors (Lipinski definition) is 5. The van der Waals surface area contributed by atoms with Gasteiger partial charge in [-0.1, -0.05) is 37.3 Å². The molecule has 4 rings (SSSR count). The van der Waals surface area contributed by atoms with Crippen LogP contribution in [-0.2, 0) is 11.2 Å². The zero-order chi connectivity index (χ0) is 27.0. The Labute approximate surface area is 230 Å². The van der Waals surface area contributed by atoms with Gasteiger partial charge in [-0.25, -0.2) is 18.9 Å².